The fourth-order valence-electron chi connectivity index (χ4n) is 0. The van der Waals surface area contributed by atoms with Gasteiger partial charge in [-0.15, -0.1) is 0 Å². The van der Waals surface area contributed by atoms with Crippen molar-refractivity contribution in [2.75, 3.05) is 0 Å². The molecule has 0 atom stereocenters. The van der Waals surface area contributed by atoms with Crippen LogP contribution in [0.2, 0.25) is 0 Å². The topological polar surface area (TPSA) is 3.24 Å². The number of halogens is 5. The van der Waals surface area contributed by atoms with Gasteiger partial charge in [0.2, 0.25) is 0 Å². The van der Waals surface area contributed by atoms with Gasteiger partial charge in [0, 0.05) is 16.1 Å². The van der Waals surface area contributed by atoms with E-state index >= 15 is 0 Å². The summed E-state index contributed by atoms with van der Waals surface area (Å²) in [4.78, 5) is 0. The smallest absolute Gasteiger partial charge is 0.154 e. The van der Waals surface area contributed by atoms with Crippen LogP contribution in [0, 0.1) is 0 Å². The molecule has 6 heteroatoms. The van der Waals surface area contributed by atoms with Crippen molar-refractivity contribution in [3.63, 3.8) is 0 Å². The SMILES string of the molecule is FC(F)(F)N(Cl)Br. The number of hydrogen-bond acceptors (Lipinski definition) is 1. The number of hydrogen-bond donors (Lipinski definition) is 0. The Morgan fingerprint density at radius 2 is 1.57 bits per heavy atom. The average molecular weight is 198 g/mol. The monoisotopic (exact) mass is 197 g/mol. The van der Waals surface area contributed by atoms with E-state index in [4.69, 9.17) is 0 Å². The molecule has 0 aliphatic heterocycles. The van der Waals surface area contributed by atoms with E-state index in [2.05, 4.69) is 11.8 Å². The van der Waals surface area contributed by atoms with Crippen molar-refractivity contribution >= 4 is 27.9 Å². The van der Waals surface area contributed by atoms with Gasteiger partial charge < -0.3 is 0 Å². The molecule has 0 aliphatic carbocycles. The van der Waals surface area contributed by atoms with E-state index in [9.17, 15) is 13.2 Å². The minimum Gasteiger partial charge on any atom is -0.154 e. The quantitative estimate of drug-likeness (QED) is 0.426. The van der Waals surface area contributed by atoms with E-state index in [1.54, 1.807) is 0 Å². The van der Waals surface area contributed by atoms with E-state index < -0.39 is 9.75 Å². The predicted octanol–water partition coefficient (Wildman–Crippen LogP) is 2.27. The van der Waals surface area contributed by atoms with Crippen molar-refractivity contribution in [2.24, 2.45) is 0 Å². The van der Waals surface area contributed by atoms with Crippen molar-refractivity contribution < 1.29 is 13.2 Å². The Kier molecular flexibility index (Phi) is 2.35. The summed E-state index contributed by atoms with van der Waals surface area (Å²) in [5, 5.41) is 0. The van der Waals surface area contributed by atoms with Gasteiger partial charge in [0.25, 0.3) is 0 Å². The van der Waals surface area contributed by atoms with Gasteiger partial charge in [-0.1, -0.05) is 3.45 Å². The zero-order valence-corrected chi connectivity index (χ0v) is 5.18. The van der Waals surface area contributed by atoms with Crippen LogP contribution in [0.5, 0.6) is 0 Å². The molecule has 0 saturated heterocycles. The molecule has 0 aromatic rings. The lowest BCUT2D eigenvalue weighted by atomic mass is 11.3. The molecule has 0 unspecified atom stereocenters. The largest absolute Gasteiger partial charge is 0.484 e. The second-order valence-corrected chi connectivity index (χ2v) is 2.16. The Morgan fingerprint density at radius 1 is 1.43 bits per heavy atom. The van der Waals surface area contributed by atoms with Gasteiger partial charge in [-0.3, -0.25) is 0 Å². The van der Waals surface area contributed by atoms with Gasteiger partial charge in [-0.2, -0.15) is 13.2 Å². The summed E-state index contributed by atoms with van der Waals surface area (Å²) < 4.78 is 32.2. The van der Waals surface area contributed by atoms with Gasteiger partial charge in [-0.05, 0) is 11.8 Å². The van der Waals surface area contributed by atoms with Gasteiger partial charge in [0.15, 0.2) is 0 Å². The first kappa shape index (κ1) is 7.52. The zero-order chi connectivity index (χ0) is 6.08. The highest BCUT2D eigenvalue weighted by atomic mass is 79.9. The first-order chi connectivity index (χ1) is 2.94. The van der Waals surface area contributed by atoms with Crippen molar-refractivity contribution in [2.45, 2.75) is 6.30 Å². The molecule has 7 heavy (non-hydrogen) atoms. The lowest BCUT2D eigenvalue weighted by Crippen LogP contribution is -2.19. The molecule has 0 spiro atoms. The Hall–Kier alpha value is 0.520. The van der Waals surface area contributed by atoms with Gasteiger partial charge in [0.1, 0.15) is 0 Å². The normalized spacial score (nSPS) is 12.9. The molecule has 0 saturated carbocycles. The molecule has 0 N–H and O–H groups in total. The average Bonchev–Trinajstić information content (AvgIpc) is 1.31. The zero-order valence-electron chi connectivity index (χ0n) is 2.84. The highest BCUT2D eigenvalue weighted by Crippen LogP contribution is 2.26. The highest BCUT2D eigenvalue weighted by Gasteiger charge is 2.34. The minimum absolute atomic E-state index is 0.528. The van der Waals surface area contributed by atoms with Crippen molar-refractivity contribution in [1.82, 2.24) is 3.45 Å². The maximum absolute atomic E-state index is 10.9. The second-order valence-electron chi connectivity index (χ2n) is 0.701. The molecule has 0 rings (SSSR count). The van der Waals surface area contributed by atoms with Gasteiger partial charge in [0.05, 0.1) is 0 Å². The fourth-order valence-corrected chi connectivity index (χ4v) is 0. The van der Waals surface area contributed by atoms with Crippen LogP contribution in [0.15, 0.2) is 0 Å². The third kappa shape index (κ3) is 3.13. The standard InChI is InChI=1S/CBrClF3N/c2-7(3)1(4,5)6. The fraction of sp³-hybridized carbons (Fsp3) is 1.00. The van der Waals surface area contributed by atoms with Crippen LogP contribution in [0.4, 0.5) is 13.2 Å². The van der Waals surface area contributed by atoms with E-state index in [-0.39, 0.29) is 0 Å². The minimum atomic E-state index is -4.48. The first-order valence-electron chi connectivity index (χ1n) is 1.13. The van der Waals surface area contributed by atoms with Crippen LogP contribution < -0.4 is 0 Å². The Bertz CT molecular complexity index is 60.4. The molecule has 0 amide bonds. The summed E-state index contributed by atoms with van der Waals surface area (Å²) in [7, 11) is 0. The first-order valence-corrected chi connectivity index (χ1v) is 2.18. The third-order valence-electron chi connectivity index (χ3n) is 0.192. The summed E-state index contributed by atoms with van der Waals surface area (Å²) in [6.07, 6.45) is -4.48. The van der Waals surface area contributed by atoms with E-state index in [0.29, 0.717) is 0 Å². The van der Waals surface area contributed by atoms with Crippen LogP contribution >= 0.6 is 27.9 Å². The molecule has 0 bridgehead atoms. The molecule has 1 nitrogen and oxygen atoms in total. The van der Waals surface area contributed by atoms with Crippen molar-refractivity contribution in [3.05, 3.63) is 0 Å². The molecule has 44 valence electrons. The van der Waals surface area contributed by atoms with E-state index in [1.165, 1.54) is 0 Å². The summed E-state index contributed by atoms with van der Waals surface area (Å²) in [6, 6.07) is 0. The summed E-state index contributed by atoms with van der Waals surface area (Å²) >= 11 is 6.35. The number of alkyl halides is 3. The lowest BCUT2D eigenvalue weighted by Gasteiger charge is -2.06. The molecule has 0 heterocycles. The van der Waals surface area contributed by atoms with Crippen LogP contribution in [0.3, 0.4) is 0 Å². The molecule has 0 aromatic carbocycles. The Balaban J connectivity index is 3.54. The van der Waals surface area contributed by atoms with E-state index in [1.807, 2.05) is 16.1 Å². The van der Waals surface area contributed by atoms with Crippen LogP contribution in [-0.4, -0.2) is 9.75 Å². The summed E-state index contributed by atoms with van der Waals surface area (Å²) in [5.41, 5.74) is 0. The Labute approximate surface area is 51.5 Å². The maximum Gasteiger partial charge on any atom is 0.484 e. The molecule has 0 radical (unpaired) electrons. The molecule has 0 aliphatic rings. The predicted molar refractivity (Wildman–Crippen MR) is 22.7 cm³/mol. The number of rotatable bonds is 0. The molecule has 0 fully saturated rings. The molecular weight excluding hydrogens is 198 g/mol. The lowest BCUT2D eigenvalue weighted by molar-refractivity contribution is -0.176. The second kappa shape index (κ2) is 2.19. The van der Waals surface area contributed by atoms with Crippen molar-refractivity contribution in [3.8, 4) is 0 Å². The highest BCUT2D eigenvalue weighted by molar-refractivity contribution is 9.08. The number of nitrogens with zero attached hydrogens (tertiary/aromatic N) is 1. The van der Waals surface area contributed by atoms with Crippen molar-refractivity contribution in [1.29, 1.82) is 0 Å². The summed E-state index contributed by atoms with van der Waals surface area (Å²) in [6.45, 7) is 0. The van der Waals surface area contributed by atoms with Crippen LogP contribution in [-0.2, 0) is 0 Å². The van der Waals surface area contributed by atoms with Crippen LogP contribution in [0.25, 0.3) is 0 Å². The summed E-state index contributed by atoms with van der Waals surface area (Å²) in [5.74, 6) is 0. The van der Waals surface area contributed by atoms with Crippen LogP contribution in [0.1, 0.15) is 0 Å². The van der Waals surface area contributed by atoms with Gasteiger partial charge in [-0.25, -0.2) is 0 Å². The molecular formula is CBrClF3N. The van der Waals surface area contributed by atoms with Gasteiger partial charge >= 0.3 is 6.30 Å². The molecule has 0 aromatic heterocycles. The van der Waals surface area contributed by atoms with E-state index in [0.717, 1.165) is 0 Å². The third-order valence-corrected chi connectivity index (χ3v) is 0.785. The Morgan fingerprint density at radius 3 is 1.57 bits per heavy atom. The maximum atomic E-state index is 10.9.